The minimum absolute atomic E-state index is 0.0791. The number of carbonyl (C=O) groups is 1. The minimum atomic E-state index is -0.107. The molecule has 1 aromatic heterocycles. The normalized spacial score (nSPS) is 10.4. The largest absolute Gasteiger partial charge is 0.491 e. The van der Waals surface area contributed by atoms with Crippen molar-refractivity contribution >= 4 is 5.78 Å². The van der Waals surface area contributed by atoms with E-state index in [1.807, 2.05) is 19.9 Å². The number of ether oxygens (including phenoxy) is 1. The van der Waals surface area contributed by atoms with Gasteiger partial charge in [-0.2, -0.15) is 0 Å². The van der Waals surface area contributed by atoms with Gasteiger partial charge in [0.05, 0.1) is 11.7 Å². The van der Waals surface area contributed by atoms with Crippen molar-refractivity contribution in [3.8, 4) is 5.75 Å². The summed E-state index contributed by atoms with van der Waals surface area (Å²) < 4.78 is 5.56. The predicted molar refractivity (Wildman–Crippen MR) is 67.7 cm³/mol. The number of nitrogens with zero attached hydrogens (tertiary/aromatic N) is 2. The Morgan fingerprint density at radius 3 is 2.56 bits per heavy atom. The molecular weight excluding hydrogens is 228 g/mol. The van der Waals surface area contributed by atoms with Crippen LogP contribution < -0.4 is 4.74 Å². The Hall–Kier alpha value is -2.23. The third-order valence-electron chi connectivity index (χ3n) is 2.29. The molecule has 92 valence electrons. The fourth-order valence-electron chi connectivity index (χ4n) is 1.57. The van der Waals surface area contributed by atoms with Gasteiger partial charge >= 0.3 is 0 Å². The van der Waals surface area contributed by atoms with Gasteiger partial charge in [0.1, 0.15) is 12.1 Å². The molecule has 0 saturated carbocycles. The van der Waals surface area contributed by atoms with Crippen LogP contribution in [0.25, 0.3) is 0 Å². The van der Waals surface area contributed by atoms with Gasteiger partial charge in [-0.1, -0.05) is 12.1 Å². The van der Waals surface area contributed by atoms with E-state index in [9.17, 15) is 4.79 Å². The first-order chi connectivity index (χ1) is 8.66. The number of ketones is 1. The molecule has 2 rings (SSSR count). The Labute approximate surface area is 106 Å². The fraction of sp³-hybridized carbons (Fsp3) is 0.214. The Morgan fingerprint density at radius 1 is 1.17 bits per heavy atom. The average Bonchev–Trinajstić information content (AvgIpc) is 2.38. The summed E-state index contributed by atoms with van der Waals surface area (Å²) >= 11 is 0. The maximum absolute atomic E-state index is 12.1. The van der Waals surface area contributed by atoms with E-state index < -0.39 is 0 Å². The van der Waals surface area contributed by atoms with Gasteiger partial charge in [0.25, 0.3) is 0 Å². The van der Waals surface area contributed by atoms with E-state index in [1.54, 1.807) is 18.2 Å². The van der Waals surface area contributed by atoms with Gasteiger partial charge in [-0.25, -0.2) is 9.97 Å². The molecule has 0 aliphatic heterocycles. The number of aromatic nitrogens is 2. The van der Waals surface area contributed by atoms with Crippen molar-refractivity contribution in [3.63, 3.8) is 0 Å². The van der Waals surface area contributed by atoms with Crippen LogP contribution in [0.3, 0.4) is 0 Å². The average molecular weight is 242 g/mol. The highest BCUT2D eigenvalue weighted by Gasteiger charge is 2.10. The smallest absolute Gasteiger partial charge is 0.196 e. The molecule has 1 aromatic carbocycles. The molecule has 0 radical (unpaired) electrons. The molecule has 0 spiro atoms. The van der Waals surface area contributed by atoms with E-state index in [2.05, 4.69) is 9.97 Å². The van der Waals surface area contributed by atoms with Crippen LogP contribution in [0, 0.1) is 0 Å². The molecule has 0 aliphatic carbocycles. The van der Waals surface area contributed by atoms with Crippen LogP contribution in [0.4, 0.5) is 0 Å². The molecule has 4 heteroatoms. The van der Waals surface area contributed by atoms with Gasteiger partial charge in [0.15, 0.2) is 5.78 Å². The lowest BCUT2D eigenvalue weighted by atomic mass is 10.1. The molecule has 0 atom stereocenters. The molecule has 0 bridgehead atoms. The van der Waals surface area contributed by atoms with Gasteiger partial charge in [-0.3, -0.25) is 4.79 Å². The van der Waals surface area contributed by atoms with Crippen LogP contribution in [-0.2, 0) is 0 Å². The molecule has 0 amide bonds. The zero-order valence-corrected chi connectivity index (χ0v) is 10.3. The Morgan fingerprint density at radius 2 is 1.89 bits per heavy atom. The van der Waals surface area contributed by atoms with Crippen LogP contribution in [0.15, 0.2) is 43.0 Å². The summed E-state index contributed by atoms with van der Waals surface area (Å²) in [5.41, 5.74) is 1.04. The zero-order chi connectivity index (χ0) is 13.0. The van der Waals surface area contributed by atoms with Gasteiger partial charge < -0.3 is 4.74 Å². The van der Waals surface area contributed by atoms with E-state index in [0.29, 0.717) is 16.9 Å². The third kappa shape index (κ3) is 2.91. The standard InChI is InChI=1S/C14H14N2O2/c1-10(2)18-13-5-3-4-11(6-13)14(17)12-7-15-9-16-8-12/h3-10H,1-2H3. The van der Waals surface area contributed by atoms with Crippen LogP contribution in [-0.4, -0.2) is 21.9 Å². The highest BCUT2D eigenvalue weighted by atomic mass is 16.5. The maximum Gasteiger partial charge on any atom is 0.196 e. The summed E-state index contributed by atoms with van der Waals surface area (Å²) in [5, 5.41) is 0. The van der Waals surface area contributed by atoms with Gasteiger partial charge in [-0.15, -0.1) is 0 Å². The molecule has 18 heavy (non-hydrogen) atoms. The lowest BCUT2D eigenvalue weighted by Gasteiger charge is -2.10. The summed E-state index contributed by atoms with van der Waals surface area (Å²) in [4.78, 5) is 19.8. The molecule has 0 aliphatic rings. The lowest BCUT2D eigenvalue weighted by Crippen LogP contribution is -2.07. The second-order valence-electron chi connectivity index (χ2n) is 4.15. The number of hydrogen-bond donors (Lipinski definition) is 0. The Bertz CT molecular complexity index is 539. The van der Waals surface area contributed by atoms with Crippen molar-refractivity contribution in [1.82, 2.24) is 9.97 Å². The van der Waals surface area contributed by atoms with E-state index in [1.165, 1.54) is 18.7 Å². The molecular formula is C14H14N2O2. The maximum atomic E-state index is 12.1. The van der Waals surface area contributed by atoms with E-state index in [-0.39, 0.29) is 11.9 Å². The monoisotopic (exact) mass is 242 g/mol. The summed E-state index contributed by atoms with van der Waals surface area (Å²) in [7, 11) is 0. The first kappa shape index (κ1) is 12.2. The third-order valence-corrected chi connectivity index (χ3v) is 2.29. The van der Waals surface area contributed by atoms with Crippen LogP contribution >= 0.6 is 0 Å². The van der Waals surface area contributed by atoms with Crippen LogP contribution in [0.5, 0.6) is 5.75 Å². The first-order valence-corrected chi connectivity index (χ1v) is 5.73. The van der Waals surface area contributed by atoms with Crippen molar-refractivity contribution in [3.05, 3.63) is 54.1 Å². The molecule has 0 unspecified atom stereocenters. The summed E-state index contributed by atoms with van der Waals surface area (Å²) in [6, 6.07) is 7.12. The SMILES string of the molecule is CC(C)Oc1cccc(C(=O)c2cncnc2)c1. The predicted octanol–water partition coefficient (Wildman–Crippen LogP) is 2.49. The van der Waals surface area contributed by atoms with Crippen LogP contribution in [0.2, 0.25) is 0 Å². The minimum Gasteiger partial charge on any atom is -0.491 e. The number of rotatable bonds is 4. The van der Waals surface area contributed by atoms with E-state index in [0.717, 1.165) is 0 Å². The fourth-order valence-corrected chi connectivity index (χ4v) is 1.57. The topological polar surface area (TPSA) is 52.1 Å². The second-order valence-corrected chi connectivity index (χ2v) is 4.15. The van der Waals surface area contributed by atoms with Crippen molar-refractivity contribution in [2.24, 2.45) is 0 Å². The second kappa shape index (κ2) is 5.40. The molecule has 1 heterocycles. The highest BCUT2D eigenvalue weighted by Crippen LogP contribution is 2.17. The molecule has 2 aromatic rings. The van der Waals surface area contributed by atoms with E-state index >= 15 is 0 Å². The van der Waals surface area contributed by atoms with E-state index in [4.69, 9.17) is 4.74 Å². The van der Waals surface area contributed by atoms with Crippen molar-refractivity contribution < 1.29 is 9.53 Å². The van der Waals surface area contributed by atoms with Crippen molar-refractivity contribution in [1.29, 1.82) is 0 Å². The van der Waals surface area contributed by atoms with Gasteiger partial charge in [-0.05, 0) is 26.0 Å². The highest BCUT2D eigenvalue weighted by molar-refractivity contribution is 6.08. The number of carbonyl (C=O) groups excluding carboxylic acids is 1. The molecule has 4 nitrogen and oxygen atoms in total. The van der Waals surface area contributed by atoms with Gasteiger partial charge in [0.2, 0.25) is 0 Å². The summed E-state index contributed by atoms with van der Waals surface area (Å²) in [5.74, 6) is 0.581. The molecule has 0 saturated heterocycles. The first-order valence-electron chi connectivity index (χ1n) is 5.73. The lowest BCUT2D eigenvalue weighted by molar-refractivity contribution is 0.103. The molecule has 0 N–H and O–H groups in total. The molecule has 0 fully saturated rings. The Balaban J connectivity index is 2.26. The van der Waals surface area contributed by atoms with Crippen molar-refractivity contribution in [2.45, 2.75) is 20.0 Å². The zero-order valence-electron chi connectivity index (χ0n) is 10.3. The summed E-state index contributed by atoms with van der Waals surface area (Å²) in [6.45, 7) is 3.89. The summed E-state index contributed by atoms with van der Waals surface area (Å²) in [6.07, 6.45) is 4.49. The van der Waals surface area contributed by atoms with Crippen LogP contribution in [0.1, 0.15) is 29.8 Å². The van der Waals surface area contributed by atoms with Crippen molar-refractivity contribution in [2.75, 3.05) is 0 Å². The Kier molecular flexibility index (Phi) is 3.67. The van der Waals surface area contributed by atoms with Gasteiger partial charge in [0, 0.05) is 18.0 Å². The quantitative estimate of drug-likeness (QED) is 0.773. The number of benzene rings is 1. The number of hydrogen-bond acceptors (Lipinski definition) is 4.